The molecule has 20 heteroatoms. The van der Waals surface area contributed by atoms with Crippen LogP contribution in [0, 0.1) is 22.7 Å². The van der Waals surface area contributed by atoms with Crippen molar-refractivity contribution < 1.29 is 58.0 Å². The summed E-state index contributed by atoms with van der Waals surface area (Å²) in [5.41, 5.74) is 3.93. The number of nitrogens with one attached hydrogen (secondary N) is 4. The lowest BCUT2D eigenvalue weighted by Crippen LogP contribution is -2.56. The molecule has 2 saturated heterocycles. The van der Waals surface area contributed by atoms with Crippen LogP contribution in [0.1, 0.15) is 156 Å². The molecular weight excluding hydrogens is 1050 g/mol. The number of rotatable bonds is 18. The molecule has 4 unspecified atom stereocenters. The molecule has 2 aromatic rings. The van der Waals surface area contributed by atoms with Crippen molar-refractivity contribution in [1.29, 1.82) is 0 Å². The van der Waals surface area contributed by atoms with E-state index >= 15 is 0 Å². The van der Waals surface area contributed by atoms with Gasteiger partial charge in [0.15, 0.2) is 12.2 Å². The Kier molecular flexibility index (Phi) is 21.2. The molecule has 10 atom stereocenters. The zero-order chi connectivity index (χ0) is 59.8. The van der Waals surface area contributed by atoms with Crippen LogP contribution in [0.5, 0.6) is 0 Å². The molecule has 6 aliphatic rings. The summed E-state index contributed by atoms with van der Waals surface area (Å²) in [5.74, 6) is -3.06. The van der Waals surface area contributed by atoms with Crippen molar-refractivity contribution in [3.63, 3.8) is 0 Å². The fourth-order valence-electron chi connectivity index (χ4n) is 10.9. The van der Waals surface area contributed by atoms with E-state index < -0.39 is 84.4 Å². The number of ether oxygens (including phenoxy) is 2. The first-order valence-electron chi connectivity index (χ1n) is 30.0. The maximum absolute atomic E-state index is 13.7. The first-order valence-corrected chi connectivity index (χ1v) is 30.0. The quantitative estimate of drug-likeness (QED) is 0.108. The van der Waals surface area contributed by atoms with Crippen LogP contribution < -0.4 is 21.3 Å². The summed E-state index contributed by atoms with van der Waals surface area (Å²) in [6.07, 6.45) is 2.40. The van der Waals surface area contributed by atoms with Gasteiger partial charge in [-0.3, -0.25) is 28.8 Å². The third-order valence-electron chi connectivity index (χ3n) is 17.4. The van der Waals surface area contributed by atoms with E-state index in [1.165, 1.54) is 20.9 Å². The van der Waals surface area contributed by atoms with Crippen LogP contribution >= 0.6 is 0 Å². The second kappa shape index (κ2) is 27.4. The summed E-state index contributed by atoms with van der Waals surface area (Å²) in [6, 6.07) is 12.8. The van der Waals surface area contributed by atoms with Gasteiger partial charge in [0, 0.05) is 62.9 Å². The van der Waals surface area contributed by atoms with Crippen molar-refractivity contribution in [3.8, 4) is 0 Å². The van der Waals surface area contributed by atoms with E-state index in [1.807, 2.05) is 106 Å². The van der Waals surface area contributed by atoms with E-state index in [4.69, 9.17) is 9.47 Å². The Labute approximate surface area is 484 Å². The minimum atomic E-state index is -1.39. The van der Waals surface area contributed by atoms with Crippen LogP contribution in [0.2, 0.25) is 0 Å². The van der Waals surface area contributed by atoms with Gasteiger partial charge < -0.3 is 60.6 Å². The Morgan fingerprint density at radius 1 is 0.561 bits per heavy atom. The van der Waals surface area contributed by atoms with Crippen LogP contribution in [0.15, 0.2) is 48.5 Å². The Morgan fingerprint density at radius 3 is 1.22 bits per heavy atom. The van der Waals surface area contributed by atoms with Gasteiger partial charge in [0.2, 0.25) is 23.6 Å². The Hall–Kier alpha value is -6.28. The number of carbonyl (C=O) groups is 8. The molecule has 4 fully saturated rings. The molecule has 8 rings (SSSR count). The van der Waals surface area contributed by atoms with E-state index in [0.717, 1.165) is 49.7 Å². The standard InChI is InChI=1S/2C31H46N4O6/c2*1-6-9-24(26(36)28(38)32-22-12-13-22)33-27(37)25-16-23(18-35(25)29(39)19(2)31(3,4)5)41-30(40)34-15-14-20-10-7-8-11-21(20)17-34/h2*7-8,10-11,19,22-26,36H,6,9,12-18H2,1-5H3,(H,32,38)(H,33,37)/t2*19-,23-,24?,25+,26?/m11/s1. The minimum Gasteiger partial charge on any atom is -0.444 e. The van der Waals surface area contributed by atoms with E-state index in [1.54, 1.807) is 9.80 Å². The van der Waals surface area contributed by atoms with E-state index in [9.17, 15) is 48.6 Å². The summed E-state index contributed by atoms with van der Waals surface area (Å²) < 4.78 is 11.8. The zero-order valence-corrected chi connectivity index (χ0v) is 50.0. The van der Waals surface area contributed by atoms with E-state index in [2.05, 4.69) is 33.4 Å². The van der Waals surface area contributed by atoms with Gasteiger partial charge in [-0.25, -0.2) is 9.59 Å². The molecule has 20 nitrogen and oxygen atoms in total. The Morgan fingerprint density at radius 2 is 0.902 bits per heavy atom. The SMILES string of the molecule is CCCC(NC(=O)[C@@H]1C[C@@H](OC(=O)N2CCc3ccccc3C2)CN1C(=O)[C@@H](C)C(C)(C)C)C(O)C(=O)NC1CC1.CCCC(NC(=O)[C@@H]1C[C@@H](OC(=O)N2CCc3ccccc3C2)CN1C(=O)[C@@H](C)C(C)(C)C)C(O)C(=O)NC1CC1. The third-order valence-corrected chi connectivity index (χ3v) is 17.4. The molecule has 452 valence electrons. The Balaban J connectivity index is 0.000000236. The average molecular weight is 1140 g/mol. The topological polar surface area (TPSA) is 257 Å². The predicted octanol–water partition coefficient (Wildman–Crippen LogP) is 5.51. The van der Waals surface area contributed by atoms with Crippen LogP contribution in [-0.2, 0) is 64.2 Å². The van der Waals surface area contributed by atoms with Crippen LogP contribution in [-0.4, -0.2) is 164 Å². The van der Waals surface area contributed by atoms with Gasteiger partial charge in [-0.05, 0) is 84.5 Å². The number of fused-ring (bicyclic) bond motifs is 2. The predicted molar refractivity (Wildman–Crippen MR) is 307 cm³/mol. The molecule has 2 saturated carbocycles. The highest BCUT2D eigenvalue weighted by molar-refractivity contribution is 5.92. The van der Waals surface area contributed by atoms with Gasteiger partial charge in [-0.2, -0.15) is 0 Å². The summed E-state index contributed by atoms with van der Waals surface area (Å²) >= 11 is 0. The maximum Gasteiger partial charge on any atom is 0.410 e. The number of benzene rings is 2. The molecule has 82 heavy (non-hydrogen) atoms. The third kappa shape index (κ3) is 16.5. The van der Waals surface area contributed by atoms with Gasteiger partial charge >= 0.3 is 12.2 Å². The molecule has 2 aromatic carbocycles. The van der Waals surface area contributed by atoms with Crippen LogP contribution in [0.25, 0.3) is 0 Å². The number of aliphatic hydroxyl groups excluding tert-OH is 2. The maximum atomic E-state index is 13.7. The number of carbonyl (C=O) groups excluding carboxylic acids is 8. The summed E-state index contributed by atoms with van der Waals surface area (Å²) in [7, 11) is 0. The van der Waals surface area contributed by atoms with Crippen molar-refractivity contribution in [2.75, 3.05) is 26.2 Å². The highest BCUT2D eigenvalue weighted by atomic mass is 16.6. The van der Waals surface area contributed by atoms with Gasteiger partial charge in [-0.1, -0.05) is 131 Å². The smallest absolute Gasteiger partial charge is 0.410 e. The lowest BCUT2D eigenvalue weighted by molar-refractivity contribution is -0.145. The monoisotopic (exact) mass is 1140 g/mol. The second-order valence-corrected chi connectivity index (χ2v) is 25.8. The van der Waals surface area contributed by atoms with Crippen molar-refractivity contribution in [1.82, 2.24) is 40.9 Å². The molecule has 0 radical (unpaired) electrons. The number of likely N-dealkylation sites (tertiary alicyclic amines) is 2. The van der Waals surface area contributed by atoms with Crippen molar-refractivity contribution in [2.24, 2.45) is 22.7 Å². The van der Waals surface area contributed by atoms with E-state index in [-0.39, 0.29) is 72.5 Å². The second-order valence-electron chi connectivity index (χ2n) is 25.8. The molecule has 0 bridgehead atoms. The first kappa shape index (κ1) is 63.3. The molecule has 0 spiro atoms. The fourth-order valence-corrected chi connectivity index (χ4v) is 10.9. The molecule has 8 amide bonds. The first-order chi connectivity index (χ1) is 38.8. The number of amides is 8. The highest BCUT2D eigenvalue weighted by Gasteiger charge is 2.48. The van der Waals surface area contributed by atoms with E-state index in [0.29, 0.717) is 51.9 Å². The molecule has 4 heterocycles. The van der Waals surface area contributed by atoms with Crippen molar-refractivity contribution in [2.45, 2.75) is 220 Å². The molecule has 4 aliphatic heterocycles. The molecule has 0 aromatic heterocycles. The number of hydrogen-bond acceptors (Lipinski definition) is 12. The minimum absolute atomic E-state index is 0.0841. The number of hydrogen-bond donors (Lipinski definition) is 6. The number of aliphatic hydroxyl groups is 2. The lowest BCUT2D eigenvalue weighted by Gasteiger charge is -2.33. The normalized spacial score (nSPS) is 22.8. The van der Waals surface area contributed by atoms with Gasteiger partial charge in [0.05, 0.1) is 25.2 Å². The molecule has 2 aliphatic carbocycles. The van der Waals surface area contributed by atoms with Gasteiger partial charge in [0.1, 0.15) is 24.3 Å². The average Bonchev–Trinajstić information content (AvgIpc) is 4.48. The highest BCUT2D eigenvalue weighted by Crippen LogP contribution is 2.34. The van der Waals surface area contributed by atoms with Crippen LogP contribution in [0.4, 0.5) is 9.59 Å². The lowest BCUT2D eigenvalue weighted by atomic mass is 9.81. The summed E-state index contributed by atoms with van der Waals surface area (Å²) in [4.78, 5) is 112. The van der Waals surface area contributed by atoms with Gasteiger partial charge in [0.25, 0.3) is 11.8 Å². The summed E-state index contributed by atoms with van der Waals surface area (Å²) in [6.45, 7) is 21.5. The number of nitrogens with zero attached hydrogens (tertiary/aromatic N) is 4. The fraction of sp³-hybridized carbons (Fsp3) is 0.677. The Bertz CT molecular complexity index is 2440. The largest absolute Gasteiger partial charge is 0.444 e. The molecule has 6 N–H and O–H groups in total. The van der Waals surface area contributed by atoms with Gasteiger partial charge in [-0.15, -0.1) is 0 Å². The van der Waals surface area contributed by atoms with Crippen LogP contribution in [0.3, 0.4) is 0 Å². The zero-order valence-electron chi connectivity index (χ0n) is 50.0. The summed E-state index contributed by atoms with van der Waals surface area (Å²) in [5, 5.41) is 32.8. The molecular formula is C62H92N8O12. The van der Waals surface area contributed by atoms with Crippen molar-refractivity contribution in [3.05, 3.63) is 70.8 Å². The van der Waals surface area contributed by atoms with Crippen molar-refractivity contribution >= 4 is 47.6 Å².